The van der Waals surface area contributed by atoms with Crippen LogP contribution in [0.4, 0.5) is 0 Å². The fourth-order valence-corrected chi connectivity index (χ4v) is 3.51. The molecule has 0 bridgehead atoms. The van der Waals surface area contributed by atoms with Gasteiger partial charge in [-0.1, -0.05) is 6.92 Å². The second kappa shape index (κ2) is 6.36. The Hall–Kier alpha value is -1.41. The van der Waals surface area contributed by atoms with Crippen molar-refractivity contribution in [2.75, 3.05) is 6.54 Å². The molecule has 0 saturated heterocycles. The van der Waals surface area contributed by atoms with E-state index < -0.39 is 28.6 Å². The van der Waals surface area contributed by atoms with Crippen LogP contribution in [-0.4, -0.2) is 45.9 Å². The van der Waals surface area contributed by atoms with E-state index in [9.17, 15) is 13.2 Å². The van der Waals surface area contributed by atoms with Crippen LogP contribution in [-0.2, 0) is 21.4 Å². The highest BCUT2D eigenvalue weighted by atomic mass is 32.2. The zero-order chi connectivity index (χ0) is 15.5. The van der Waals surface area contributed by atoms with Crippen molar-refractivity contribution in [3.8, 4) is 0 Å². The zero-order valence-corrected chi connectivity index (χ0v) is 13.0. The minimum absolute atomic E-state index is 0.0987. The van der Waals surface area contributed by atoms with Crippen LogP contribution in [0.2, 0.25) is 0 Å². The Labute approximate surface area is 119 Å². The molecule has 1 rings (SSSR count). The van der Waals surface area contributed by atoms with E-state index in [4.69, 9.17) is 5.11 Å². The summed E-state index contributed by atoms with van der Waals surface area (Å²) in [6.45, 7) is 7.14. The number of aryl methyl sites for hydroxylation is 2. The van der Waals surface area contributed by atoms with Crippen molar-refractivity contribution < 1.29 is 18.3 Å². The Morgan fingerprint density at radius 1 is 1.50 bits per heavy atom. The molecule has 20 heavy (non-hydrogen) atoms. The Bertz CT molecular complexity index is 580. The number of rotatable bonds is 7. The quantitative estimate of drug-likeness (QED) is 0.814. The van der Waals surface area contributed by atoms with Gasteiger partial charge in [0.05, 0.1) is 0 Å². The summed E-state index contributed by atoms with van der Waals surface area (Å²) in [5.74, 6) is -0.592. The van der Waals surface area contributed by atoms with E-state index in [1.165, 1.54) is 6.20 Å². The van der Waals surface area contributed by atoms with Crippen LogP contribution in [0.1, 0.15) is 33.0 Å². The van der Waals surface area contributed by atoms with Crippen molar-refractivity contribution in [3.63, 3.8) is 0 Å². The van der Waals surface area contributed by atoms with Crippen molar-refractivity contribution in [3.05, 3.63) is 12.0 Å². The number of aromatic nitrogens is 2. The van der Waals surface area contributed by atoms with Crippen molar-refractivity contribution in [2.45, 2.75) is 51.7 Å². The van der Waals surface area contributed by atoms with Crippen LogP contribution in [0.3, 0.4) is 0 Å². The van der Waals surface area contributed by atoms with E-state index in [0.717, 1.165) is 4.31 Å². The van der Waals surface area contributed by atoms with Crippen molar-refractivity contribution in [2.24, 2.45) is 0 Å². The third-order valence-corrected chi connectivity index (χ3v) is 5.07. The lowest BCUT2D eigenvalue weighted by Crippen LogP contribution is -2.41. The summed E-state index contributed by atoms with van der Waals surface area (Å²) < 4.78 is 27.8. The average molecular weight is 303 g/mol. The first-order chi connectivity index (χ1) is 9.23. The topological polar surface area (TPSA) is 92.5 Å². The monoisotopic (exact) mass is 303 g/mol. The number of hydrogen-bond donors (Lipinski definition) is 1. The molecule has 0 aliphatic heterocycles. The smallest absolute Gasteiger partial charge is 0.318 e. The van der Waals surface area contributed by atoms with Crippen LogP contribution in [0.15, 0.2) is 11.2 Å². The normalized spacial score (nSPS) is 13.7. The average Bonchev–Trinajstić information content (AvgIpc) is 2.76. The van der Waals surface area contributed by atoms with Crippen molar-refractivity contribution in [1.82, 2.24) is 13.9 Å². The van der Waals surface area contributed by atoms with Gasteiger partial charge in [-0.05, 0) is 27.2 Å². The summed E-state index contributed by atoms with van der Waals surface area (Å²) in [6, 6.07) is -0.400. The van der Waals surface area contributed by atoms with Crippen LogP contribution in [0.5, 0.6) is 0 Å². The molecule has 1 aromatic heterocycles. The number of carbonyl (C=O) groups is 1. The second-order valence-electron chi connectivity index (χ2n) is 4.61. The molecule has 1 unspecified atom stereocenters. The van der Waals surface area contributed by atoms with Gasteiger partial charge >= 0.3 is 5.97 Å². The maximum atomic E-state index is 12.5. The molecule has 1 aromatic rings. The Morgan fingerprint density at radius 2 is 2.10 bits per heavy atom. The SMILES string of the molecule is CCC(C)N(CC(=O)O)S(=O)(=O)c1cn(CC)c(C)n1. The Balaban J connectivity index is 3.24. The zero-order valence-electron chi connectivity index (χ0n) is 12.2. The van der Waals surface area contributed by atoms with Crippen LogP contribution in [0.25, 0.3) is 0 Å². The number of aliphatic carboxylic acids is 1. The van der Waals surface area contributed by atoms with E-state index in [2.05, 4.69) is 4.98 Å². The molecule has 0 spiro atoms. The highest BCUT2D eigenvalue weighted by molar-refractivity contribution is 7.89. The van der Waals surface area contributed by atoms with E-state index in [0.29, 0.717) is 18.8 Å². The fourth-order valence-electron chi connectivity index (χ4n) is 1.86. The van der Waals surface area contributed by atoms with Crippen LogP contribution >= 0.6 is 0 Å². The third-order valence-electron chi connectivity index (χ3n) is 3.24. The van der Waals surface area contributed by atoms with E-state index >= 15 is 0 Å². The molecule has 1 N–H and O–H groups in total. The molecular weight excluding hydrogens is 282 g/mol. The lowest BCUT2D eigenvalue weighted by molar-refractivity contribution is -0.137. The molecule has 7 nitrogen and oxygen atoms in total. The number of imidazole rings is 1. The van der Waals surface area contributed by atoms with Crippen LogP contribution < -0.4 is 0 Å². The lowest BCUT2D eigenvalue weighted by atomic mass is 10.2. The molecule has 0 fully saturated rings. The van der Waals surface area contributed by atoms with Gasteiger partial charge < -0.3 is 9.67 Å². The summed E-state index contributed by atoms with van der Waals surface area (Å²) in [4.78, 5) is 14.9. The number of carboxylic acid groups (broad SMARTS) is 1. The predicted molar refractivity (Wildman–Crippen MR) is 73.9 cm³/mol. The number of nitrogens with zero attached hydrogens (tertiary/aromatic N) is 3. The van der Waals surface area contributed by atoms with Gasteiger partial charge in [-0.3, -0.25) is 4.79 Å². The Kier molecular flexibility index (Phi) is 5.29. The molecule has 0 aliphatic carbocycles. The maximum Gasteiger partial charge on any atom is 0.318 e. The molecule has 0 aromatic carbocycles. The lowest BCUT2D eigenvalue weighted by Gasteiger charge is -2.24. The number of carboxylic acids is 1. The summed E-state index contributed by atoms with van der Waals surface area (Å²) in [5.41, 5.74) is 0. The molecule has 114 valence electrons. The Morgan fingerprint density at radius 3 is 2.50 bits per heavy atom. The summed E-state index contributed by atoms with van der Waals surface area (Å²) >= 11 is 0. The molecular formula is C12H21N3O4S. The van der Waals surface area contributed by atoms with Gasteiger partial charge in [0.1, 0.15) is 12.4 Å². The molecule has 8 heteroatoms. The molecule has 1 heterocycles. The summed E-state index contributed by atoms with van der Waals surface area (Å²) in [5, 5.41) is 8.81. The van der Waals surface area contributed by atoms with Gasteiger partial charge in [0, 0.05) is 18.8 Å². The highest BCUT2D eigenvalue weighted by Crippen LogP contribution is 2.19. The minimum atomic E-state index is -3.90. The third kappa shape index (κ3) is 3.37. The van der Waals surface area contributed by atoms with E-state index in [1.807, 2.05) is 13.8 Å². The van der Waals surface area contributed by atoms with E-state index in [-0.39, 0.29) is 5.03 Å². The molecule has 0 radical (unpaired) electrons. The first kappa shape index (κ1) is 16.6. The van der Waals surface area contributed by atoms with Gasteiger partial charge in [0.2, 0.25) is 0 Å². The number of sulfonamides is 1. The summed E-state index contributed by atoms with van der Waals surface area (Å²) in [6.07, 6.45) is 1.97. The highest BCUT2D eigenvalue weighted by Gasteiger charge is 2.32. The minimum Gasteiger partial charge on any atom is -0.480 e. The number of hydrogen-bond acceptors (Lipinski definition) is 4. The van der Waals surface area contributed by atoms with Crippen molar-refractivity contribution in [1.29, 1.82) is 0 Å². The predicted octanol–water partition coefficient (Wildman–Crippen LogP) is 1.09. The largest absolute Gasteiger partial charge is 0.480 e. The molecule has 0 saturated carbocycles. The first-order valence-electron chi connectivity index (χ1n) is 6.51. The van der Waals surface area contributed by atoms with Gasteiger partial charge in [0.15, 0.2) is 5.03 Å². The standard InChI is InChI=1S/C12H21N3O4S/c1-5-9(3)15(8-12(16)17)20(18,19)11-7-14(6-2)10(4)13-11/h7,9H,5-6,8H2,1-4H3,(H,16,17). The van der Waals surface area contributed by atoms with Gasteiger partial charge in [-0.2, -0.15) is 4.31 Å². The van der Waals surface area contributed by atoms with Crippen molar-refractivity contribution >= 4 is 16.0 Å². The fraction of sp³-hybridized carbons (Fsp3) is 0.667. The first-order valence-corrected chi connectivity index (χ1v) is 7.95. The molecule has 1 atom stereocenters. The summed E-state index contributed by atoms with van der Waals surface area (Å²) in [7, 11) is -3.90. The van der Waals surface area contributed by atoms with Gasteiger partial charge in [0.25, 0.3) is 10.0 Å². The van der Waals surface area contributed by atoms with Crippen LogP contribution in [0, 0.1) is 6.92 Å². The van der Waals surface area contributed by atoms with Gasteiger partial charge in [-0.15, -0.1) is 0 Å². The molecule has 0 amide bonds. The van der Waals surface area contributed by atoms with E-state index in [1.54, 1.807) is 18.4 Å². The molecule has 0 aliphatic rings. The second-order valence-corrected chi connectivity index (χ2v) is 6.45. The van der Waals surface area contributed by atoms with Gasteiger partial charge in [-0.25, -0.2) is 13.4 Å². The maximum absolute atomic E-state index is 12.5.